The van der Waals surface area contributed by atoms with E-state index in [9.17, 15) is 4.79 Å². The van der Waals surface area contributed by atoms with Crippen LogP contribution < -0.4 is 5.32 Å². The van der Waals surface area contributed by atoms with Crippen molar-refractivity contribution in [3.05, 3.63) is 39.9 Å². The molecule has 1 heterocycles. The molecule has 0 atom stereocenters. The molecule has 23 heavy (non-hydrogen) atoms. The highest BCUT2D eigenvalue weighted by atomic mass is 35.5. The Kier molecular flexibility index (Phi) is 7.89. The van der Waals surface area contributed by atoms with Gasteiger partial charge < -0.3 is 10.1 Å². The number of morpholine rings is 1. The van der Waals surface area contributed by atoms with Gasteiger partial charge in [-0.15, -0.1) is 0 Å². The molecule has 0 aromatic heterocycles. The summed E-state index contributed by atoms with van der Waals surface area (Å²) in [4.78, 5) is 14.1. The molecule has 1 N–H and O–H groups in total. The molecule has 1 amide bonds. The van der Waals surface area contributed by atoms with E-state index in [0.29, 0.717) is 16.6 Å². The van der Waals surface area contributed by atoms with Crippen LogP contribution in [0.5, 0.6) is 0 Å². The topological polar surface area (TPSA) is 41.6 Å². The number of nitrogens with one attached hydrogen (secondary N) is 1. The third-order valence-corrected chi connectivity index (χ3v) is 4.41. The molecule has 1 aromatic carbocycles. The van der Waals surface area contributed by atoms with E-state index < -0.39 is 0 Å². The molecule has 4 nitrogen and oxygen atoms in total. The number of halogens is 2. The van der Waals surface area contributed by atoms with E-state index >= 15 is 0 Å². The van der Waals surface area contributed by atoms with Gasteiger partial charge in [-0.3, -0.25) is 9.69 Å². The molecule has 1 fully saturated rings. The highest BCUT2D eigenvalue weighted by molar-refractivity contribution is 6.42. The van der Waals surface area contributed by atoms with Crippen molar-refractivity contribution < 1.29 is 9.53 Å². The van der Waals surface area contributed by atoms with Crippen molar-refractivity contribution in [2.24, 2.45) is 0 Å². The smallest absolute Gasteiger partial charge is 0.243 e. The Morgan fingerprint density at radius 2 is 2.00 bits per heavy atom. The molecule has 6 heteroatoms. The van der Waals surface area contributed by atoms with Crippen molar-refractivity contribution in [3.8, 4) is 0 Å². The summed E-state index contributed by atoms with van der Waals surface area (Å²) in [5, 5.41) is 3.88. The number of unbranched alkanes of at least 4 members (excludes halogenated alkanes) is 1. The van der Waals surface area contributed by atoms with Crippen LogP contribution in [0.1, 0.15) is 18.4 Å². The number of benzene rings is 1. The van der Waals surface area contributed by atoms with Gasteiger partial charge in [0, 0.05) is 25.7 Å². The maximum absolute atomic E-state index is 11.7. The Balaban J connectivity index is 1.60. The van der Waals surface area contributed by atoms with Gasteiger partial charge in [0.05, 0.1) is 23.3 Å². The number of carbonyl (C=O) groups is 1. The summed E-state index contributed by atoms with van der Waals surface area (Å²) >= 11 is 11.8. The minimum absolute atomic E-state index is 0.0950. The third kappa shape index (κ3) is 6.92. The largest absolute Gasteiger partial charge is 0.379 e. The highest BCUT2D eigenvalue weighted by Gasteiger charge is 2.08. The fourth-order valence-electron chi connectivity index (χ4n) is 2.34. The van der Waals surface area contributed by atoms with Crippen LogP contribution in [0.3, 0.4) is 0 Å². The van der Waals surface area contributed by atoms with Crippen LogP contribution in [0, 0.1) is 0 Å². The summed E-state index contributed by atoms with van der Waals surface area (Å²) in [6.45, 7) is 5.44. The number of hydrogen-bond donors (Lipinski definition) is 1. The average molecular weight is 357 g/mol. The summed E-state index contributed by atoms with van der Waals surface area (Å²) < 4.78 is 5.31. The SMILES string of the molecule is O=C(C=Cc1ccc(Cl)c(Cl)c1)NCCCCN1CCOCC1. The van der Waals surface area contributed by atoms with Gasteiger partial charge in [0.2, 0.25) is 5.91 Å². The summed E-state index contributed by atoms with van der Waals surface area (Å²) in [5.74, 6) is -0.0950. The second-order valence-electron chi connectivity index (χ2n) is 5.46. The lowest BCUT2D eigenvalue weighted by molar-refractivity contribution is -0.116. The van der Waals surface area contributed by atoms with Gasteiger partial charge in [0.15, 0.2) is 0 Å². The second-order valence-corrected chi connectivity index (χ2v) is 6.27. The Morgan fingerprint density at radius 3 is 2.74 bits per heavy atom. The van der Waals surface area contributed by atoms with Gasteiger partial charge in [-0.1, -0.05) is 29.3 Å². The lowest BCUT2D eigenvalue weighted by atomic mass is 10.2. The first-order valence-electron chi connectivity index (χ1n) is 7.86. The predicted octanol–water partition coefficient (Wildman–Crippen LogP) is 3.24. The molecule has 0 radical (unpaired) electrons. The van der Waals surface area contributed by atoms with Gasteiger partial charge in [-0.2, -0.15) is 0 Å². The predicted molar refractivity (Wildman–Crippen MR) is 95.0 cm³/mol. The van der Waals surface area contributed by atoms with E-state index in [2.05, 4.69) is 10.2 Å². The molecule has 0 aliphatic carbocycles. The number of hydrogen-bond acceptors (Lipinski definition) is 3. The summed E-state index contributed by atoms with van der Waals surface area (Å²) in [6.07, 6.45) is 5.30. The fraction of sp³-hybridized carbons (Fsp3) is 0.471. The molecule has 1 saturated heterocycles. The van der Waals surface area contributed by atoms with Crippen LogP contribution in [0.15, 0.2) is 24.3 Å². The van der Waals surface area contributed by atoms with E-state index in [1.165, 1.54) is 6.08 Å². The first kappa shape index (κ1) is 18.3. The summed E-state index contributed by atoms with van der Waals surface area (Å²) in [7, 11) is 0. The molecule has 126 valence electrons. The van der Waals surface area contributed by atoms with Crippen LogP contribution in [-0.2, 0) is 9.53 Å². The minimum Gasteiger partial charge on any atom is -0.379 e. The molecule has 0 bridgehead atoms. The first-order valence-corrected chi connectivity index (χ1v) is 8.62. The van der Waals surface area contributed by atoms with Crippen LogP contribution in [0.25, 0.3) is 6.08 Å². The van der Waals surface area contributed by atoms with Crippen LogP contribution >= 0.6 is 23.2 Å². The van der Waals surface area contributed by atoms with Gasteiger partial charge in [0.25, 0.3) is 0 Å². The van der Waals surface area contributed by atoms with Crippen LogP contribution in [-0.4, -0.2) is 50.2 Å². The summed E-state index contributed by atoms with van der Waals surface area (Å²) in [5.41, 5.74) is 0.849. The monoisotopic (exact) mass is 356 g/mol. The molecular formula is C17H22Cl2N2O2. The molecule has 2 rings (SSSR count). The van der Waals surface area contributed by atoms with Crippen LogP contribution in [0.2, 0.25) is 10.0 Å². The Hall–Kier alpha value is -1.07. The van der Waals surface area contributed by atoms with E-state index in [1.54, 1.807) is 18.2 Å². The van der Waals surface area contributed by atoms with E-state index in [0.717, 1.165) is 51.3 Å². The van der Waals surface area contributed by atoms with Gasteiger partial charge in [0.1, 0.15) is 0 Å². The molecule has 1 aromatic rings. The lowest BCUT2D eigenvalue weighted by Gasteiger charge is -2.26. The van der Waals surface area contributed by atoms with Gasteiger partial charge in [-0.05, 0) is 43.2 Å². The number of carbonyl (C=O) groups excluding carboxylic acids is 1. The minimum atomic E-state index is -0.0950. The molecule has 1 aliphatic rings. The number of amides is 1. The maximum atomic E-state index is 11.7. The normalized spacial score (nSPS) is 15.9. The van der Waals surface area contributed by atoms with Crippen molar-refractivity contribution >= 4 is 35.2 Å². The zero-order valence-electron chi connectivity index (χ0n) is 13.1. The zero-order chi connectivity index (χ0) is 16.5. The highest BCUT2D eigenvalue weighted by Crippen LogP contribution is 2.23. The maximum Gasteiger partial charge on any atom is 0.243 e. The summed E-state index contributed by atoms with van der Waals surface area (Å²) in [6, 6.07) is 5.27. The van der Waals surface area contributed by atoms with Crippen molar-refractivity contribution in [2.45, 2.75) is 12.8 Å². The standard InChI is InChI=1S/C17H22Cl2N2O2/c18-15-5-3-14(13-16(15)19)4-6-17(22)20-7-1-2-8-21-9-11-23-12-10-21/h3-6,13H,1-2,7-12H2,(H,20,22). The van der Waals surface area contributed by atoms with Gasteiger partial charge in [-0.25, -0.2) is 0 Å². The molecule has 0 saturated carbocycles. The Labute approximate surface area is 147 Å². The van der Waals surface area contributed by atoms with E-state index in [-0.39, 0.29) is 5.91 Å². The van der Waals surface area contributed by atoms with E-state index in [1.807, 2.05) is 6.07 Å². The number of ether oxygens (including phenoxy) is 1. The lowest BCUT2D eigenvalue weighted by Crippen LogP contribution is -2.37. The zero-order valence-corrected chi connectivity index (χ0v) is 14.6. The Morgan fingerprint density at radius 1 is 1.22 bits per heavy atom. The van der Waals surface area contributed by atoms with Crippen molar-refractivity contribution in [3.63, 3.8) is 0 Å². The Bertz CT molecular complexity index is 543. The van der Waals surface area contributed by atoms with Crippen molar-refractivity contribution in [1.82, 2.24) is 10.2 Å². The van der Waals surface area contributed by atoms with E-state index in [4.69, 9.17) is 27.9 Å². The molecule has 0 unspecified atom stereocenters. The second kappa shape index (κ2) is 9.93. The third-order valence-electron chi connectivity index (χ3n) is 3.67. The number of nitrogens with zero attached hydrogens (tertiary/aromatic N) is 1. The molecule has 1 aliphatic heterocycles. The molecular weight excluding hydrogens is 335 g/mol. The van der Waals surface area contributed by atoms with Crippen LogP contribution in [0.4, 0.5) is 0 Å². The van der Waals surface area contributed by atoms with Crippen molar-refractivity contribution in [2.75, 3.05) is 39.4 Å². The average Bonchev–Trinajstić information content (AvgIpc) is 2.56. The number of rotatable bonds is 7. The fourth-order valence-corrected chi connectivity index (χ4v) is 2.65. The van der Waals surface area contributed by atoms with Crippen molar-refractivity contribution in [1.29, 1.82) is 0 Å². The van der Waals surface area contributed by atoms with Gasteiger partial charge >= 0.3 is 0 Å². The quantitative estimate of drug-likeness (QED) is 0.602. The first-order chi connectivity index (χ1) is 11.1. The molecule has 0 spiro atoms.